The minimum Gasteiger partial charge on any atom is -0.368 e. The van der Waals surface area contributed by atoms with E-state index in [4.69, 9.17) is 11.6 Å². The van der Waals surface area contributed by atoms with Gasteiger partial charge in [0.1, 0.15) is 12.4 Å². The van der Waals surface area contributed by atoms with Crippen molar-refractivity contribution in [2.24, 2.45) is 7.05 Å². The van der Waals surface area contributed by atoms with Gasteiger partial charge in [-0.2, -0.15) is 5.26 Å². The van der Waals surface area contributed by atoms with E-state index in [2.05, 4.69) is 21.3 Å². The number of halogens is 2. The maximum absolute atomic E-state index is 15.2. The van der Waals surface area contributed by atoms with E-state index in [1.807, 2.05) is 11.8 Å². The van der Waals surface area contributed by atoms with E-state index in [-0.39, 0.29) is 18.0 Å². The molecule has 3 rings (SSSR count). The molecule has 0 aromatic carbocycles. The molecule has 1 aliphatic rings. The number of hydrogen-bond donors (Lipinski definition) is 0. The Morgan fingerprint density at radius 1 is 1.39 bits per heavy atom. The minimum absolute atomic E-state index is 0.259. The van der Waals surface area contributed by atoms with Crippen LogP contribution in [0.2, 0.25) is 5.15 Å². The molecular formula is C15H16ClFN6. The van der Waals surface area contributed by atoms with E-state index >= 15 is 4.39 Å². The standard InChI is InChI=1S/C15H16ClFN6/c1-10-8-19-13(16)12(11(10)7-18)23-5-3-15(17,4-6-23)14-21-20-9-22(14)2/h8-9H,3-6H2,1-2H3. The highest BCUT2D eigenvalue weighted by atomic mass is 35.5. The number of alkyl halides is 1. The van der Waals surface area contributed by atoms with Crippen LogP contribution in [-0.4, -0.2) is 32.8 Å². The molecule has 0 saturated carbocycles. The molecular weight excluding hydrogens is 319 g/mol. The van der Waals surface area contributed by atoms with Crippen molar-refractivity contribution in [2.75, 3.05) is 18.0 Å². The van der Waals surface area contributed by atoms with Crippen LogP contribution in [0.5, 0.6) is 0 Å². The predicted molar refractivity (Wildman–Crippen MR) is 83.9 cm³/mol. The normalized spacial score (nSPS) is 17.1. The van der Waals surface area contributed by atoms with Crippen LogP contribution >= 0.6 is 11.6 Å². The second-order valence-electron chi connectivity index (χ2n) is 5.79. The molecule has 8 heteroatoms. The van der Waals surface area contributed by atoms with Crippen LogP contribution in [0.1, 0.15) is 29.8 Å². The van der Waals surface area contributed by atoms with Crippen molar-refractivity contribution in [1.29, 1.82) is 5.26 Å². The van der Waals surface area contributed by atoms with Gasteiger partial charge in [-0.15, -0.1) is 10.2 Å². The molecule has 1 saturated heterocycles. The van der Waals surface area contributed by atoms with Crippen LogP contribution in [-0.2, 0) is 12.7 Å². The average Bonchev–Trinajstić information content (AvgIpc) is 2.97. The van der Waals surface area contributed by atoms with Gasteiger partial charge in [-0.3, -0.25) is 0 Å². The molecule has 1 fully saturated rings. The lowest BCUT2D eigenvalue weighted by molar-refractivity contribution is 0.109. The molecule has 0 bridgehead atoms. The summed E-state index contributed by atoms with van der Waals surface area (Å²) in [7, 11) is 1.73. The number of nitriles is 1. The Hall–Kier alpha value is -2.20. The molecule has 0 radical (unpaired) electrons. The Balaban J connectivity index is 1.87. The van der Waals surface area contributed by atoms with Crippen molar-refractivity contribution in [3.63, 3.8) is 0 Å². The Kier molecular flexibility index (Phi) is 3.94. The molecule has 2 aromatic rings. The molecule has 0 unspecified atom stereocenters. The maximum atomic E-state index is 15.2. The third kappa shape index (κ3) is 2.63. The molecule has 23 heavy (non-hydrogen) atoms. The Bertz CT molecular complexity index is 773. The van der Waals surface area contributed by atoms with Crippen LogP contribution in [0.15, 0.2) is 12.5 Å². The summed E-state index contributed by atoms with van der Waals surface area (Å²) in [4.78, 5) is 6.04. The SMILES string of the molecule is Cc1cnc(Cl)c(N2CCC(F)(c3nncn3C)CC2)c1C#N. The number of hydrogen-bond acceptors (Lipinski definition) is 5. The summed E-state index contributed by atoms with van der Waals surface area (Å²) < 4.78 is 16.8. The molecule has 0 N–H and O–H groups in total. The molecule has 0 amide bonds. The number of rotatable bonds is 2. The van der Waals surface area contributed by atoms with Crippen molar-refractivity contribution in [3.05, 3.63) is 34.6 Å². The van der Waals surface area contributed by atoms with Gasteiger partial charge in [-0.1, -0.05) is 11.6 Å². The molecule has 1 aliphatic heterocycles. The van der Waals surface area contributed by atoms with E-state index in [1.165, 1.54) is 6.33 Å². The number of pyridine rings is 1. The highest BCUT2D eigenvalue weighted by Crippen LogP contribution is 2.39. The molecule has 0 spiro atoms. The van der Waals surface area contributed by atoms with Gasteiger partial charge in [0, 0.05) is 39.2 Å². The van der Waals surface area contributed by atoms with Gasteiger partial charge in [-0.05, 0) is 12.5 Å². The third-order valence-electron chi connectivity index (χ3n) is 4.29. The lowest BCUT2D eigenvalue weighted by Gasteiger charge is -2.37. The van der Waals surface area contributed by atoms with E-state index in [0.717, 1.165) is 5.56 Å². The zero-order valence-corrected chi connectivity index (χ0v) is 13.7. The van der Waals surface area contributed by atoms with Gasteiger partial charge in [-0.25, -0.2) is 9.37 Å². The monoisotopic (exact) mass is 334 g/mol. The largest absolute Gasteiger partial charge is 0.368 e. The molecule has 120 valence electrons. The van der Waals surface area contributed by atoms with Gasteiger partial charge in [0.05, 0.1) is 11.3 Å². The highest BCUT2D eigenvalue weighted by molar-refractivity contribution is 6.32. The third-order valence-corrected chi connectivity index (χ3v) is 4.57. The summed E-state index contributed by atoms with van der Waals surface area (Å²) in [6.45, 7) is 2.68. The Morgan fingerprint density at radius 2 is 2.09 bits per heavy atom. The number of piperidine rings is 1. The lowest BCUT2D eigenvalue weighted by atomic mass is 9.91. The molecule has 2 aromatic heterocycles. The predicted octanol–water partition coefficient (Wildman–Crippen LogP) is 2.51. The quantitative estimate of drug-likeness (QED) is 0.789. The lowest BCUT2D eigenvalue weighted by Crippen LogP contribution is -2.42. The fourth-order valence-corrected chi connectivity index (χ4v) is 3.26. The second-order valence-corrected chi connectivity index (χ2v) is 6.14. The highest BCUT2D eigenvalue weighted by Gasteiger charge is 2.40. The molecule has 3 heterocycles. The first-order chi connectivity index (χ1) is 11.0. The van der Waals surface area contributed by atoms with E-state index < -0.39 is 5.67 Å². The fraction of sp³-hybridized carbons (Fsp3) is 0.467. The number of aromatic nitrogens is 4. The molecule has 0 aliphatic carbocycles. The van der Waals surface area contributed by atoms with Gasteiger partial charge < -0.3 is 9.47 Å². The zero-order chi connectivity index (χ0) is 16.6. The van der Waals surface area contributed by atoms with E-state index in [0.29, 0.717) is 30.2 Å². The van der Waals surface area contributed by atoms with Crippen molar-refractivity contribution in [2.45, 2.75) is 25.4 Å². The topological polar surface area (TPSA) is 70.6 Å². The first-order valence-electron chi connectivity index (χ1n) is 7.30. The Labute approximate surface area is 138 Å². The number of anilines is 1. The summed E-state index contributed by atoms with van der Waals surface area (Å²) in [5.74, 6) is 0.339. The van der Waals surface area contributed by atoms with E-state index in [1.54, 1.807) is 17.8 Å². The summed E-state index contributed by atoms with van der Waals surface area (Å²) >= 11 is 6.19. The van der Waals surface area contributed by atoms with Crippen molar-refractivity contribution in [1.82, 2.24) is 19.7 Å². The van der Waals surface area contributed by atoms with Crippen LogP contribution in [0.4, 0.5) is 10.1 Å². The van der Waals surface area contributed by atoms with E-state index in [9.17, 15) is 5.26 Å². The zero-order valence-electron chi connectivity index (χ0n) is 12.9. The van der Waals surface area contributed by atoms with Gasteiger partial charge >= 0.3 is 0 Å². The van der Waals surface area contributed by atoms with Gasteiger partial charge in [0.15, 0.2) is 16.6 Å². The van der Waals surface area contributed by atoms with Crippen LogP contribution in [0.3, 0.4) is 0 Å². The number of aryl methyl sites for hydroxylation is 2. The van der Waals surface area contributed by atoms with Crippen LogP contribution in [0, 0.1) is 18.3 Å². The fourth-order valence-electron chi connectivity index (χ4n) is 3.00. The maximum Gasteiger partial charge on any atom is 0.173 e. The van der Waals surface area contributed by atoms with Crippen LogP contribution in [0.25, 0.3) is 0 Å². The summed E-state index contributed by atoms with van der Waals surface area (Å²) in [6.07, 6.45) is 3.59. The van der Waals surface area contributed by atoms with Gasteiger partial charge in [0.25, 0.3) is 0 Å². The average molecular weight is 335 g/mol. The van der Waals surface area contributed by atoms with Crippen molar-refractivity contribution < 1.29 is 4.39 Å². The minimum atomic E-state index is -1.52. The second kappa shape index (κ2) is 5.78. The summed E-state index contributed by atoms with van der Waals surface area (Å²) in [5.41, 5.74) is 0.333. The number of nitrogens with zero attached hydrogens (tertiary/aromatic N) is 6. The summed E-state index contributed by atoms with van der Waals surface area (Å²) in [6, 6.07) is 2.17. The smallest absolute Gasteiger partial charge is 0.173 e. The van der Waals surface area contributed by atoms with Crippen LogP contribution < -0.4 is 4.90 Å². The van der Waals surface area contributed by atoms with Gasteiger partial charge in [0.2, 0.25) is 0 Å². The van der Waals surface area contributed by atoms with Crippen molar-refractivity contribution >= 4 is 17.3 Å². The molecule has 0 atom stereocenters. The summed E-state index contributed by atoms with van der Waals surface area (Å²) in [5, 5.41) is 17.3. The van der Waals surface area contributed by atoms with Crippen molar-refractivity contribution in [3.8, 4) is 6.07 Å². The Morgan fingerprint density at radius 3 is 2.65 bits per heavy atom. The first kappa shape index (κ1) is 15.7. The molecule has 6 nitrogen and oxygen atoms in total. The first-order valence-corrected chi connectivity index (χ1v) is 7.67.